The Labute approximate surface area is 143 Å². The fourth-order valence-electron chi connectivity index (χ4n) is 3.51. The van der Waals surface area contributed by atoms with E-state index in [4.69, 9.17) is 0 Å². The Hall–Kier alpha value is -3.15. The predicted molar refractivity (Wildman–Crippen MR) is 93.0 cm³/mol. The van der Waals surface area contributed by atoms with Gasteiger partial charge in [-0.25, -0.2) is 0 Å². The number of aromatic nitrogens is 1. The largest absolute Gasteiger partial charge is 0.504 e. The summed E-state index contributed by atoms with van der Waals surface area (Å²) in [5, 5.41) is 32.6. The van der Waals surface area contributed by atoms with Crippen LogP contribution < -0.4 is 5.32 Å². The second-order valence-corrected chi connectivity index (χ2v) is 6.40. The number of hydrogen-bond acceptors (Lipinski definition) is 4. The van der Waals surface area contributed by atoms with E-state index >= 15 is 0 Å². The molecule has 0 radical (unpaired) electrons. The smallest absolute Gasteiger partial charge is 0.251 e. The summed E-state index contributed by atoms with van der Waals surface area (Å²) in [4.78, 5) is 15.8. The Morgan fingerprint density at radius 1 is 1.12 bits per heavy atom. The number of para-hydroxylation sites is 1. The highest BCUT2D eigenvalue weighted by atomic mass is 16.3. The van der Waals surface area contributed by atoms with Gasteiger partial charge in [-0.2, -0.15) is 0 Å². The molecule has 6 heteroatoms. The number of carbonyl (C=O) groups excluding carboxylic acids is 1. The number of fused-ring (bicyclic) bond motifs is 3. The number of phenolic OH excluding ortho intramolecular Hbond substituents is 3. The molecule has 3 aromatic rings. The van der Waals surface area contributed by atoms with E-state index in [9.17, 15) is 20.1 Å². The molecule has 1 unspecified atom stereocenters. The van der Waals surface area contributed by atoms with Gasteiger partial charge in [0.2, 0.25) is 0 Å². The summed E-state index contributed by atoms with van der Waals surface area (Å²) >= 11 is 0. The van der Waals surface area contributed by atoms with Crippen molar-refractivity contribution in [3.05, 3.63) is 53.2 Å². The first kappa shape index (κ1) is 15.4. The SMILES string of the molecule is O=C(NC1CCc2c([nH]c3ccccc23)C1)c1cc(O)c(O)c(O)c1. The minimum atomic E-state index is -0.628. The maximum atomic E-state index is 12.4. The van der Waals surface area contributed by atoms with E-state index in [0.717, 1.165) is 36.2 Å². The van der Waals surface area contributed by atoms with Crippen LogP contribution >= 0.6 is 0 Å². The van der Waals surface area contributed by atoms with Gasteiger partial charge in [0.15, 0.2) is 17.2 Å². The summed E-state index contributed by atoms with van der Waals surface area (Å²) in [7, 11) is 0. The van der Waals surface area contributed by atoms with E-state index in [1.54, 1.807) is 0 Å². The van der Waals surface area contributed by atoms with Gasteiger partial charge in [0.25, 0.3) is 5.91 Å². The average Bonchev–Trinajstić information content (AvgIpc) is 2.96. The molecule has 0 fully saturated rings. The normalized spacial score (nSPS) is 16.6. The molecule has 0 aliphatic heterocycles. The first-order valence-electron chi connectivity index (χ1n) is 8.17. The number of hydrogen-bond donors (Lipinski definition) is 5. The Bertz CT molecular complexity index is 954. The third-order valence-corrected chi connectivity index (χ3v) is 4.76. The Morgan fingerprint density at radius 2 is 1.84 bits per heavy atom. The van der Waals surface area contributed by atoms with Crippen LogP contribution in [0.3, 0.4) is 0 Å². The summed E-state index contributed by atoms with van der Waals surface area (Å²) in [6, 6.07) is 10.4. The van der Waals surface area contributed by atoms with Crippen LogP contribution in [0.25, 0.3) is 10.9 Å². The molecule has 0 bridgehead atoms. The Balaban J connectivity index is 1.53. The van der Waals surface area contributed by atoms with Crippen molar-refractivity contribution < 1.29 is 20.1 Å². The third-order valence-electron chi connectivity index (χ3n) is 4.76. The average molecular weight is 338 g/mol. The lowest BCUT2D eigenvalue weighted by Gasteiger charge is -2.23. The first-order chi connectivity index (χ1) is 12.0. The maximum absolute atomic E-state index is 12.4. The van der Waals surface area contributed by atoms with Crippen LogP contribution in [0.1, 0.15) is 28.0 Å². The van der Waals surface area contributed by atoms with Crippen LogP contribution in [0.5, 0.6) is 17.2 Å². The van der Waals surface area contributed by atoms with E-state index in [0.29, 0.717) is 6.42 Å². The Kier molecular flexibility index (Phi) is 3.53. The molecule has 5 N–H and O–H groups in total. The lowest BCUT2D eigenvalue weighted by Crippen LogP contribution is -2.38. The van der Waals surface area contributed by atoms with Crippen molar-refractivity contribution in [2.45, 2.75) is 25.3 Å². The maximum Gasteiger partial charge on any atom is 0.251 e. The second-order valence-electron chi connectivity index (χ2n) is 6.40. The summed E-state index contributed by atoms with van der Waals surface area (Å²) < 4.78 is 0. The molecular weight excluding hydrogens is 320 g/mol. The van der Waals surface area contributed by atoms with Crippen molar-refractivity contribution in [2.75, 3.05) is 0 Å². The Morgan fingerprint density at radius 3 is 2.60 bits per heavy atom. The lowest BCUT2D eigenvalue weighted by molar-refractivity contribution is 0.0932. The molecule has 1 atom stereocenters. The van der Waals surface area contributed by atoms with Crippen molar-refractivity contribution in [2.24, 2.45) is 0 Å². The number of nitrogens with one attached hydrogen (secondary N) is 2. The number of aryl methyl sites for hydroxylation is 1. The van der Waals surface area contributed by atoms with Gasteiger partial charge in [-0.05, 0) is 36.6 Å². The van der Waals surface area contributed by atoms with Gasteiger partial charge in [-0.3, -0.25) is 4.79 Å². The van der Waals surface area contributed by atoms with E-state index in [2.05, 4.69) is 16.4 Å². The minimum absolute atomic E-state index is 0.0360. The molecule has 1 aromatic heterocycles. The molecule has 0 spiro atoms. The highest BCUT2D eigenvalue weighted by Crippen LogP contribution is 2.35. The quantitative estimate of drug-likeness (QED) is 0.463. The van der Waals surface area contributed by atoms with Crippen LogP contribution in [0, 0.1) is 0 Å². The van der Waals surface area contributed by atoms with Crippen LogP contribution in [0.15, 0.2) is 36.4 Å². The fraction of sp³-hybridized carbons (Fsp3) is 0.211. The zero-order valence-corrected chi connectivity index (χ0v) is 13.4. The summed E-state index contributed by atoms with van der Waals surface area (Å²) in [6.07, 6.45) is 2.39. The number of amides is 1. The number of phenols is 3. The van der Waals surface area contributed by atoms with E-state index in [-0.39, 0.29) is 11.6 Å². The molecule has 0 saturated heterocycles. The third kappa shape index (κ3) is 2.65. The summed E-state index contributed by atoms with van der Waals surface area (Å²) in [5.74, 6) is -2.06. The minimum Gasteiger partial charge on any atom is -0.504 e. The molecule has 128 valence electrons. The van der Waals surface area contributed by atoms with E-state index < -0.39 is 23.2 Å². The van der Waals surface area contributed by atoms with E-state index in [1.807, 2.05) is 18.2 Å². The zero-order chi connectivity index (χ0) is 17.6. The van der Waals surface area contributed by atoms with Gasteiger partial charge in [0.05, 0.1) is 0 Å². The molecule has 1 aliphatic carbocycles. The summed E-state index contributed by atoms with van der Waals surface area (Å²) in [6.45, 7) is 0. The van der Waals surface area contributed by atoms with Crippen LogP contribution in [-0.4, -0.2) is 32.3 Å². The van der Waals surface area contributed by atoms with Crippen molar-refractivity contribution in [3.8, 4) is 17.2 Å². The molecule has 0 saturated carbocycles. The molecule has 1 amide bonds. The van der Waals surface area contributed by atoms with Crippen LogP contribution in [0.2, 0.25) is 0 Å². The van der Waals surface area contributed by atoms with E-state index in [1.165, 1.54) is 10.9 Å². The number of aromatic hydroxyl groups is 3. The number of aromatic amines is 1. The van der Waals surface area contributed by atoms with Crippen molar-refractivity contribution in [1.29, 1.82) is 0 Å². The second kappa shape index (κ2) is 5.73. The number of H-pyrrole nitrogens is 1. The van der Waals surface area contributed by atoms with Gasteiger partial charge in [-0.15, -0.1) is 0 Å². The highest BCUT2D eigenvalue weighted by molar-refractivity contribution is 5.95. The standard InChI is InChI=1S/C19H18N2O4/c22-16-7-10(8-17(23)18(16)24)19(25)20-11-5-6-13-12-3-1-2-4-14(12)21-15(13)9-11/h1-4,7-8,11,21-24H,5-6,9H2,(H,20,25). The van der Waals surface area contributed by atoms with Gasteiger partial charge < -0.3 is 25.6 Å². The molecule has 2 aromatic carbocycles. The fourth-order valence-corrected chi connectivity index (χ4v) is 3.51. The van der Waals surface area contributed by atoms with Crippen molar-refractivity contribution in [1.82, 2.24) is 10.3 Å². The number of benzene rings is 2. The van der Waals surface area contributed by atoms with Gasteiger partial charge in [0, 0.05) is 34.6 Å². The number of carbonyl (C=O) groups is 1. The predicted octanol–water partition coefficient (Wildman–Crippen LogP) is 2.57. The molecular formula is C19H18N2O4. The van der Waals surface area contributed by atoms with Crippen molar-refractivity contribution >= 4 is 16.8 Å². The topological polar surface area (TPSA) is 106 Å². The van der Waals surface area contributed by atoms with Gasteiger partial charge in [-0.1, -0.05) is 18.2 Å². The monoisotopic (exact) mass is 338 g/mol. The molecule has 1 aliphatic rings. The molecule has 4 rings (SSSR count). The molecule has 25 heavy (non-hydrogen) atoms. The zero-order valence-electron chi connectivity index (χ0n) is 13.4. The molecule has 1 heterocycles. The van der Waals surface area contributed by atoms with Gasteiger partial charge >= 0.3 is 0 Å². The van der Waals surface area contributed by atoms with Crippen molar-refractivity contribution in [3.63, 3.8) is 0 Å². The van der Waals surface area contributed by atoms with Crippen LogP contribution in [-0.2, 0) is 12.8 Å². The number of rotatable bonds is 2. The lowest BCUT2D eigenvalue weighted by atomic mass is 9.91. The van der Waals surface area contributed by atoms with Gasteiger partial charge in [0.1, 0.15) is 0 Å². The van der Waals surface area contributed by atoms with Crippen LogP contribution in [0.4, 0.5) is 0 Å². The summed E-state index contributed by atoms with van der Waals surface area (Å²) in [5.41, 5.74) is 3.65. The molecule has 6 nitrogen and oxygen atoms in total. The first-order valence-corrected chi connectivity index (χ1v) is 8.17. The highest BCUT2D eigenvalue weighted by Gasteiger charge is 2.24.